The van der Waals surface area contributed by atoms with Gasteiger partial charge in [-0.1, -0.05) is 6.07 Å². The zero-order chi connectivity index (χ0) is 15.5. The Morgan fingerprint density at radius 3 is 2.86 bits per heavy atom. The van der Waals surface area contributed by atoms with E-state index < -0.39 is 0 Å². The molecular formula is C16H20N4OS. The molecule has 0 spiro atoms. The Bertz CT molecular complexity index is 612. The average molecular weight is 316 g/mol. The number of nitrogens with zero attached hydrogens (tertiary/aromatic N) is 3. The van der Waals surface area contributed by atoms with Crippen LogP contribution in [0.1, 0.15) is 42.4 Å². The molecule has 1 aliphatic carbocycles. The van der Waals surface area contributed by atoms with Gasteiger partial charge in [-0.05, 0) is 37.3 Å². The van der Waals surface area contributed by atoms with Crippen LogP contribution in [0.5, 0.6) is 0 Å². The van der Waals surface area contributed by atoms with E-state index in [1.54, 1.807) is 34.8 Å². The summed E-state index contributed by atoms with van der Waals surface area (Å²) in [5, 5.41) is 6.10. The maximum atomic E-state index is 12.6. The summed E-state index contributed by atoms with van der Waals surface area (Å²) in [7, 11) is 1.82. The largest absolute Gasteiger partial charge is 0.328 e. The van der Waals surface area contributed by atoms with Crippen molar-refractivity contribution in [3.63, 3.8) is 0 Å². The van der Waals surface area contributed by atoms with Crippen LogP contribution >= 0.6 is 11.3 Å². The predicted octanol–water partition coefficient (Wildman–Crippen LogP) is 3.39. The number of rotatable bonds is 5. The van der Waals surface area contributed by atoms with Crippen molar-refractivity contribution in [3.8, 4) is 0 Å². The number of carbonyl (C=O) groups excluding carboxylic acids is 1. The summed E-state index contributed by atoms with van der Waals surface area (Å²) in [5.41, 5.74) is 1.03. The van der Waals surface area contributed by atoms with E-state index >= 15 is 0 Å². The molecule has 0 aromatic carbocycles. The van der Waals surface area contributed by atoms with Gasteiger partial charge in [0.05, 0.1) is 12.1 Å². The normalized spacial score (nSPS) is 16.8. The average Bonchev–Trinajstić information content (AvgIpc) is 3.25. The molecule has 2 aromatic rings. The minimum absolute atomic E-state index is 0.0233. The molecule has 2 amide bonds. The second-order valence-corrected chi connectivity index (χ2v) is 6.63. The van der Waals surface area contributed by atoms with Crippen molar-refractivity contribution in [1.29, 1.82) is 0 Å². The summed E-state index contributed by atoms with van der Waals surface area (Å²) in [4.78, 5) is 22.8. The minimum atomic E-state index is -0.0662. The highest BCUT2D eigenvalue weighted by Crippen LogP contribution is 2.41. The highest BCUT2D eigenvalue weighted by molar-refractivity contribution is 7.09. The van der Waals surface area contributed by atoms with Gasteiger partial charge < -0.3 is 10.2 Å². The molecule has 22 heavy (non-hydrogen) atoms. The first-order valence-electron chi connectivity index (χ1n) is 7.49. The van der Waals surface area contributed by atoms with Gasteiger partial charge in [-0.25, -0.2) is 9.78 Å². The number of aromatic nitrogens is 2. The third-order valence-electron chi connectivity index (χ3n) is 4.16. The summed E-state index contributed by atoms with van der Waals surface area (Å²) >= 11 is 1.60. The second kappa shape index (κ2) is 6.44. The molecule has 2 aromatic heterocycles. The number of pyridine rings is 1. The van der Waals surface area contributed by atoms with Gasteiger partial charge in [-0.2, -0.15) is 0 Å². The Hall–Kier alpha value is -1.95. The molecular weight excluding hydrogens is 296 g/mol. The quantitative estimate of drug-likeness (QED) is 0.920. The fraction of sp³-hybridized carbons (Fsp3) is 0.438. The van der Waals surface area contributed by atoms with Crippen molar-refractivity contribution in [2.75, 3.05) is 7.05 Å². The first kappa shape index (κ1) is 15.0. The lowest BCUT2D eigenvalue weighted by Gasteiger charge is -2.27. The van der Waals surface area contributed by atoms with Crippen molar-refractivity contribution in [3.05, 3.63) is 46.7 Å². The smallest absolute Gasteiger partial charge is 0.318 e. The van der Waals surface area contributed by atoms with Crippen molar-refractivity contribution >= 4 is 17.4 Å². The van der Waals surface area contributed by atoms with Crippen LogP contribution in [0.2, 0.25) is 0 Å². The van der Waals surface area contributed by atoms with Crippen LogP contribution in [0.3, 0.4) is 0 Å². The van der Waals surface area contributed by atoms with Gasteiger partial charge in [0.2, 0.25) is 0 Å². The fourth-order valence-corrected chi connectivity index (χ4v) is 3.24. The Labute approximate surface area is 134 Å². The van der Waals surface area contributed by atoms with Crippen LogP contribution in [0.15, 0.2) is 36.1 Å². The van der Waals surface area contributed by atoms with Gasteiger partial charge in [0, 0.05) is 31.0 Å². The molecule has 0 bridgehead atoms. The summed E-state index contributed by atoms with van der Waals surface area (Å²) in [6.07, 6.45) is 7.65. The maximum absolute atomic E-state index is 12.6. The van der Waals surface area contributed by atoms with Gasteiger partial charge in [-0.15, -0.1) is 11.3 Å². The van der Waals surface area contributed by atoms with E-state index in [0.29, 0.717) is 5.92 Å². The Balaban J connectivity index is 1.67. The third kappa shape index (κ3) is 3.27. The zero-order valence-corrected chi connectivity index (χ0v) is 13.6. The standard InChI is InChI=1S/C16H20N4OS/c1-11(13-4-3-7-17-10-13)20(2)16(21)19-14(12-5-6-12)15-18-8-9-22-15/h3-4,7-12,14H,5-6H2,1-2H3,(H,19,21). The molecule has 2 atom stereocenters. The summed E-state index contributed by atoms with van der Waals surface area (Å²) in [5.74, 6) is 0.525. The highest BCUT2D eigenvalue weighted by Gasteiger charge is 2.35. The monoisotopic (exact) mass is 316 g/mol. The molecule has 2 heterocycles. The van der Waals surface area contributed by atoms with Gasteiger partial charge in [-0.3, -0.25) is 4.98 Å². The number of carbonyl (C=O) groups is 1. The first-order valence-corrected chi connectivity index (χ1v) is 8.37. The van der Waals surface area contributed by atoms with Crippen LogP contribution in [-0.2, 0) is 0 Å². The van der Waals surface area contributed by atoms with Crippen LogP contribution in [-0.4, -0.2) is 27.9 Å². The van der Waals surface area contributed by atoms with E-state index in [1.165, 1.54) is 0 Å². The topological polar surface area (TPSA) is 58.1 Å². The first-order chi connectivity index (χ1) is 10.7. The molecule has 0 aliphatic heterocycles. The summed E-state index contributed by atoms with van der Waals surface area (Å²) < 4.78 is 0. The van der Waals surface area contributed by atoms with E-state index in [0.717, 1.165) is 23.4 Å². The van der Waals surface area contributed by atoms with Crippen LogP contribution in [0.4, 0.5) is 4.79 Å². The van der Waals surface area contributed by atoms with E-state index in [1.807, 2.05) is 31.5 Å². The molecule has 0 saturated heterocycles. The number of urea groups is 1. The number of amides is 2. The summed E-state index contributed by atoms with van der Waals surface area (Å²) in [6.45, 7) is 2.01. The van der Waals surface area contributed by atoms with Crippen molar-refractivity contribution in [2.45, 2.75) is 31.8 Å². The molecule has 5 nitrogen and oxygen atoms in total. The molecule has 1 fully saturated rings. The van der Waals surface area contributed by atoms with E-state index in [9.17, 15) is 4.79 Å². The number of nitrogens with one attached hydrogen (secondary N) is 1. The van der Waals surface area contributed by atoms with Gasteiger partial charge >= 0.3 is 6.03 Å². The van der Waals surface area contributed by atoms with E-state index in [-0.39, 0.29) is 18.1 Å². The molecule has 6 heteroatoms. The van der Waals surface area contributed by atoms with Crippen molar-refractivity contribution in [1.82, 2.24) is 20.2 Å². The zero-order valence-electron chi connectivity index (χ0n) is 12.8. The molecule has 0 radical (unpaired) electrons. The summed E-state index contributed by atoms with van der Waals surface area (Å²) in [6, 6.07) is 3.82. The van der Waals surface area contributed by atoms with Gasteiger partial charge in [0.25, 0.3) is 0 Å². The van der Waals surface area contributed by atoms with Crippen molar-refractivity contribution in [2.24, 2.45) is 5.92 Å². The molecule has 1 aliphatic rings. The number of thiazole rings is 1. The lowest BCUT2D eigenvalue weighted by Crippen LogP contribution is -2.41. The highest BCUT2D eigenvalue weighted by atomic mass is 32.1. The van der Waals surface area contributed by atoms with Crippen LogP contribution in [0.25, 0.3) is 0 Å². The fourth-order valence-electron chi connectivity index (χ4n) is 2.46. The van der Waals surface area contributed by atoms with Gasteiger partial charge in [0.15, 0.2) is 0 Å². The number of hydrogen-bond acceptors (Lipinski definition) is 4. The Morgan fingerprint density at radius 1 is 1.45 bits per heavy atom. The van der Waals surface area contributed by atoms with Crippen LogP contribution in [0, 0.1) is 5.92 Å². The predicted molar refractivity (Wildman–Crippen MR) is 86.5 cm³/mol. The molecule has 1 saturated carbocycles. The molecule has 1 N–H and O–H groups in total. The van der Waals surface area contributed by atoms with Crippen LogP contribution < -0.4 is 5.32 Å². The third-order valence-corrected chi connectivity index (χ3v) is 5.02. The minimum Gasteiger partial charge on any atom is -0.328 e. The van der Waals surface area contributed by atoms with E-state index in [2.05, 4.69) is 15.3 Å². The lowest BCUT2D eigenvalue weighted by molar-refractivity contribution is 0.188. The van der Waals surface area contributed by atoms with Crippen molar-refractivity contribution < 1.29 is 4.79 Å². The molecule has 116 valence electrons. The molecule has 3 rings (SSSR count). The number of hydrogen-bond donors (Lipinski definition) is 1. The molecule has 2 unspecified atom stereocenters. The SMILES string of the molecule is CC(c1cccnc1)N(C)C(=O)NC(c1nccs1)C1CC1. The lowest BCUT2D eigenvalue weighted by atomic mass is 10.1. The second-order valence-electron chi connectivity index (χ2n) is 5.71. The van der Waals surface area contributed by atoms with Gasteiger partial charge in [0.1, 0.15) is 5.01 Å². The Morgan fingerprint density at radius 2 is 2.27 bits per heavy atom. The maximum Gasteiger partial charge on any atom is 0.318 e. The van der Waals surface area contributed by atoms with E-state index in [4.69, 9.17) is 0 Å². The Kier molecular flexibility index (Phi) is 4.38.